The Bertz CT molecular complexity index is 918. The Morgan fingerprint density at radius 1 is 1.15 bits per heavy atom. The molecule has 2 aromatic rings. The van der Waals surface area contributed by atoms with Crippen molar-refractivity contribution in [2.75, 3.05) is 0 Å². The number of aromatic nitrogens is 2. The minimum atomic E-state index is -1.37. The molecule has 0 spiro atoms. The highest BCUT2D eigenvalue weighted by Crippen LogP contribution is 2.52. The van der Waals surface area contributed by atoms with E-state index in [1.54, 1.807) is 43.0 Å². The molecule has 1 aliphatic heterocycles. The molecule has 0 unspecified atom stereocenters. The van der Waals surface area contributed by atoms with Crippen LogP contribution in [0.5, 0.6) is 0 Å². The zero-order valence-electron chi connectivity index (χ0n) is 13.5. The number of nitrogens with one attached hydrogen (secondary N) is 1. The van der Waals surface area contributed by atoms with Gasteiger partial charge < -0.3 is 11.1 Å². The van der Waals surface area contributed by atoms with E-state index >= 15 is 0 Å². The molecule has 2 aromatic heterocycles. The van der Waals surface area contributed by atoms with Gasteiger partial charge in [0, 0.05) is 30.7 Å². The van der Waals surface area contributed by atoms with Gasteiger partial charge in [0.2, 0.25) is 0 Å². The molecule has 6 nitrogen and oxygen atoms in total. The lowest BCUT2D eigenvalue weighted by molar-refractivity contribution is 0.284. The molecule has 1 saturated heterocycles. The molecule has 0 bridgehead atoms. The third kappa shape index (κ3) is 2.70. The van der Waals surface area contributed by atoms with Gasteiger partial charge in [-0.1, -0.05) is 36.6 Å². The SMILES string of the molecule is N#C[C@H]1C(=S)N[C@H](c2cccnc2)[C@@](C#N)(C(N)=S)[C@@H]1c1cccnc1. The zero-order valence-corrected chi connectivity index (χ0v) is 15.2. The maximum atomic E-state index is 10.2. The van der Waals surface area contributed by atoms with Gasteiger partial charge in [0.15, 0.2) is 0 Å². The lowest BCUT2D eigenvalue weighted by Crippen LogP contribution is -2.58. The highest BCUT2D eigenvalue weighted by Gasteiger charge is 2.58. The van der Waals surface area contributed by atoms with Crippen LogP contribution >= 0.6 is 24.4 Å². The predicted molar refractivity (Wildman–Crippen MR) is 104 cm³/mol. The van der Waals surface area contributed by atoms with Crippen LogP contribution in [0, 0.1) is 34.0 Å². The zero-order chi connectivity index (χ0) is 18.7. The van der Waals surface area contributed by atoms with E-state index in [1.807, 2.05) is 6.07 Å². The average Bonchev–Trinajstić information content (AvgIpc) is 2.68. The van der Waals surface area contributed by atoms with E-state index in [0.29, 0.717) is 10.6 Å². The molecule has 0 aromatic carbocycles. The van der Waals surface area contributed by atoms with Crippen LogP contribution in [0.15, 0.2) is 49.1 Å². The fourth-order valence-corrected chi connectivity index (χ4v) is 4.06. The normalized spacial score (nSPS) is 27.6. The number of nitrogens with zero attached hydrogens (tertiary/aromatic N) is 4. The van der Waals surface area contributed by atoms with Crippen molar-refractivity contribution in [3.8, 4) is 12.1 Å². The van der Waals surface area contributed by atoms with Crippen LogP contribution < -0.4 is 11.1 Å². The van der Waals surface area contributed by atoms with Crippen molar-refractivity contribution < 1.29 is 0 Å². The maximum absolute atomic E-state index is 10.2. The fourth-order valence-electron chi connectivity index (χ4n) is 3.47. The first-order chi connectivity index (χ1) is 12.6. The molecule has 4 atom stereocenters. The van der Waals surface area contributed by atoms with Gasteiger partial charge in [-0.3, -0.25) is 9.97 Å². The van der Waals surface area contributed by atoms with E-state index in [-0.39, 0.29) is 4.99 Å². The second-order valence-corrected chi connectivity index (χ2v) is 6.82. The quantitative estimate of drug-likeness (QED) is 0.782. The number of hydrogen-bond acceptors (Lipinski definition) is 6. The van der Waals surface area contributed by atoms with E-state index in [0.717, 1.165) is 5.56 Å². The smallest absolute Gasteiger partial charge is 0.140 e. The molecule has 0 amide bonds. The van der Waals surface area contributed by atoms with Crippen molar-refractivity contribution in [2.45, 2.75) is 12.0 Å². The molecule has 3 rings (SSSR count). The summed E-state index contributed by atoms with van der Waals surface area (Å²) in [7, 11) is 0. The van der Waals surface area contributed by atoms with Crippen LogP contribution in [0.1, 0.15) is 23.1 Å². The topological polar surface area (TPSA) is 111 Å². The number of thiocarbonyl (C=S) groups is 2. The van der Waals surface area contributed by atoms with Gasteiger partial charge in [-0.2, -0.15) is 10.5 Å². The van der Waals surface area contributed by atoms with E-state index < -0.39 is 23.3 Å². The summed E-state index contributed by atoms with van der Waals surface area (Å²) in [5.74, 6) is -1.41. The van der Waals surface area contributed by atoms with Gasteiger partial charge in [0.1, 0.15) is 11.3 Å². The molecule has 0 saturated carbocycles. The molecule has 3 heterocycles. The first-order valence-electron chi connectivity index (χ1n) is 7.77. The molecule has 128 valence electrons. The van der Waals surface area contributed by atoms with Crippen LogP contribution in [0.3, 0.4) is 0 Å². The Kier molecular flexibility index (Phi) is 4.90. The molecule has 3 N–H and O–H groups in total. The van der Waals surface area contributed by atoms with Crippen LogP contribution in [-0.2, 0) is 0 Å². The van der Waals surface area contributed by atoms with Gasteiger partial charge in [-0.15, -0.1) is 0 Å². The van der Waals surface area contributed by atoms with Gasteiger partial charge in [0.05, 0.1) is 28.2 Å². The predicted octanol–water partition coefficient (Wildman–Crippen LogP) is 2.17. The summed E-state index contributed by atoms with van der Waals surface area (Å²) in [4.78, 5) is 8.60. The lowest BCUT2D eigenvalue weighted by atomic mass is 9.60. The Balaban J connectivity index is 2.29. The number of pyridine rings is 2. The van der Waals surface area contributed by atoms with Crippen LogP contribution in [-0.4, -0.2) is 19.9 Å². The summed E-state index contributed by atoms with van der Waals surface area (Å²) in [6.07, 6.45) is 6.51. The molecule has 0 aliphatic carbocycles. The second-order valence-electron chi connectivity index (χ2n) is 5.94. The summed E-state index contributed by atoms with van der Waals surface area (Å²) >= 11 is 10.8. The minimum Gasteiger partial charge on any atom is -0.392 e. The number of nitrogens with two attached hydrogens (primary N) is 1. The summed E-state index contributed by atoms with van der Waals surface area (Å²) in [6.45, 7) is 0. The molecule has 8 heteroatoms. The summed E-state index contributed by atoms with van der Waals surface area (Å²) in [5.41, 5.74) is 6.14. The van der Waals surface area contributed by atoms with Crippen LogP contribution in [0.2, 0.25) is 0 Å². The Hall–Kier alpha value is -2.94. The Morgan fingerprint density at radius 3 is 2.23 bits per heavy atom. The van der Waals surface area contributed by atoms with E-state index in [2.05, 4.69) is 27.4 Å². The van der Waals surface area contributed by atoms with Crippen molar-refractivity contribution in [2.24, 2.45) is 17.1 Å². The Labute approximate surface area is 161 Å². The fraction of sp³-hybridized carbons (Fsp3) is 0.222. The van der Waals surface area contributed by atoms with Crippen molar-refractivity contribution in [3.05, 3.63) is 60.2 Å². The van der Waals surface area contributed by atoms with Crippen molar-refractivity contribution in [3.63, 3.8) is 0 Å². The number of rotatable bonds is 3. The van der Waals surface area contributed by atoms with Crippen molar-refractivity contribution in [1.82, 2.24) is 15.3 Å². The highest BCUT2D eigenvalue weighted by molar-refractivity contribution is 7.80. The van der Waals surface area contributed by atoms with Gasteiger partial charge in [-0.05, 0) is 23.3 Å². The molecule has 0 radical (unpaired) electrons. The standard InChI is InChI=1S/C18H14N6S2/c19-7-13-14(11-3-1-5-22-8-11)18(10-20,17(21)26)15(24-16(13)25)12-4-2-6-23-9-12/h1-6,8-9,13-15H,(H2,21,26)(H,24,25)/t13-,14-,15-,18+/m1/s1. The van der Waals surface area contributed by atoms with Gasteiger partial charge in [-0.25, -0.2) is 0 Å². The summed E-state index contributed by atoms with van der Waals surface area (Å²) in [5, 5.41) is 23.1. The second kappa shape index (κ2) is 7.12. The number of nitriles is 2. The largest absolute Gasteiger partial charge is 0.392 e. The lowest BCUT2D eigenvalue weighted by Gasteiger charge is -2.47. The molecule has 1 aliphatic rings. The average molecular weight is 378 g/mol. The van der Waals surface area contributed by atoms with Crippen LogP contribution in [0.25, 0.3) is 0 Å². The Morgan fingerprint density at radius 2 is 1.77 bits per heavy atom. The summed E-state index contributed by atoms with van der Waals surface area (Å²) < 4.78 is 0. The van der Waals surface area contributed by atoms with Crippen LogP contribution in [0.4, 0.5) is 0 Å². The van der Waals surface area contributed by atoms with Crippen molar-refractivity contribution >= 4 is 34.4 Å². The third-order valence-corrected chi connectivity index (χ3v) is 5.35. The summed E-state index contributed by atoms with van der Waals surface area (Å²) in [6, 6.07) is 11.0. The molecule has 1 fully saturated rings. The number of piperidine rings is 1. The maximum Gasteiger partial charge on any atom is 0.140 e. The molecule has 26 heavy (non-hydrogen) atoms. The van der Waals surface area contributed by atoms with E-state index in [1.165, 1.54) is 0 Å². The molecular formula is C18H14N6S2. The van der Waals surface area contributed by atoms with Gasteiger partial charge >= 0.3 is 0 Å². The van der Waals surface area contributed by atoms with E-state index in [4.69, 9.17) is 30.2 Å². The number of hydrogen-bond donors (Lipinski definition) is 2. The minimum absolute atomic E-state index is 0.00189. The van der Waals surface area contributed by atoms with Crippen molar-refractivity contribution in [1.29, 1.82) is 10.5 Å². The van der Waals surface area contributed by atoms with E-state index in [9.17, 15) is 10.5 Å². The van der Waals surface area contributed by atoms with Gasteiger partial charge in [0.25, 0.3) is 0 Å². The first-order valence-corrected chi connectivity index (χ1v) is 8.59. The highest BCUT2D eigenvalue weighted by atomic mass is 32.1. The monoisotopic (exact) mass is 378 g/mol. The molecular weight excluding hydrogens is 364 g/mol. The first kappa shape index (κ1) is 17.9. The third-order valence-electron chi connectivity index (χ3n) is 4.64.